The first-order valence-electron chi connectivity index (χ1n) is 7.57. The minimum absolute atomic E-state index is 0.397. The fraction of sp³-hybridized carbons (Fsp3) is 0.368. The van der Waals surface area contributed by atoms with Crippen LogP contribution in [0.4, 0.5) is 0 Å². The quantitative estimate of drug-likeness (QED) is 0.801. The zero-order valence-corrected chi connectivity index (χ0v) is 13.3. The highest BCUT2D eigenvalue weighted by Crippen LogP contribution is 2.28. The maximum atomic E-state index is 9.79. The molecule has 2 nitrogen and oxygen atoms in total. The average molecular weight is 284 g/mol. The van der Waals surface area contributed by atoms with Crippen molar-refractivity contribution in [2.45, 2.75) is 46.1 Å². The fourth-order valence-electron chi connectivity index (χ4n) is 2.49. The van der Waals surface area contributed by atoms with Crippen LogP contribution in [-0.4, -0.2) is 5.11 Å². The van der Waals surface area contributed by atoms with E-state index in [0.29, 0.717) is 5.92 Å². The van der Waals surface area contributed by atoms with E-state index in [9.17, 15) is 5.11 Å². The summed E-state index contributed by atoms with van der Waals surface area (Å²) >= 11 is 0. The number of hydrogen-bond donors (Lipinski definition) is 1. The van der Waals surface area contributed by atoms with Crippen LogP contribution in [0, 0.1) is 6.92 Å². The SMILES string of the molecule is CCC(O)c1ccc(Oc2ccc(C(C)C)c(C)c2)cc1. The first-order valence-corrected chi connectivity index (χ1v) is 7.57. The molecular formula is C19H24O2. The molecule has 0 amide bonds. The number of rotatable bonds is 5. The van der Waals surface area contributed by atoms with Crippen molar-refractivity contribution in [2.24, 2.45) is 0 Å². The third-order valence-electron chi connectivity index (χ3n) is 3.75. The molecule has 0 saturated heterocycles. The van der Waals surface area contributed by atoms with Gasteiger partial charge in [0, 0.05) is 0 Å². The summed E-state index contributed by atoms with van der Waals surface area (Å²) in [7, 11) is 0. The van der Waals surface area contributed by atoms with E-state index >= 15 is 0 Å². The fourth-order valence-corrected chi connectivity index (χ4v) is 2.49. The van der Waals surface area contributed by atoms with Gasteiger partial charge in [-0.2, -0.15) is 0 Å². The maximum absolute atomic E-state index is 9.79. The van der Waals surface area contributed by atoms with Gasteiger partial charge in [-0.25, -0.2) is 0 Å². The van der Waals surface area contributed by atoms with Gasteiger partial charge in [0.2, 0.25) is 0 Å². The van der Waals surface area contributed by atoms with E-state index in [4.69, 9.17) is 4.74 Å². The molecule has 0 spiro atoms. The molecule has 1 atom stereocenters. The summed E-state index contributed by atoms with van der Waals surface area (Å²) in [5.74, 6) is 2.16. The standard InChI is InChI=1S/C19H24O2/c1-5-19(20)15-6-8-16(9-7-15)21-17-10-11-18(13(2)3)14(4)12-17/h6-13,19-20H,5H2,1-4H3. The largest absolute Gasteiger partial charge is 0.457 e. The van der Waals surface area contributed by atoms with Crippen molar-refractivity contribution in [3.8, 4) is 11.5 Å². The van der Waals surface area contributed by atoms with Crippen LogP contribution in [-0.2, 0) is 0 Å². The minimum Gasteiger partial charge on any atom is -0.457 e. The first-order chi connectivity index (χ1) is 10.0. The molecule has 1 N–H and O–H groups in total. The molecule has 0 radical (unpaired) electrons. The molecular weight excluding hydrogens is 260 g/mol. The Kier molecular flexibility index (Phi) is 5.03. The lowest BCUT2D eigenvalue weighted by Gasteiger charge is -2.13. The average Bonchev–Trinajstić information content (AvgIpc) is 2.47. The van der Waals surface area contributed by atoms with Gasteiger partial charge >= 0.3 is 0 Å². The molecule has 0 heterocycles. The number of ether oxygens (including phenoxy) is 1. The van der Waals surface area contributed by atoms with Crippen LogP contribution in [0.15, 0.2) is 42.5 Å². The van der Waals surface area contributed by atoms with Crippen molar-refractivity contribution >= 4 is 0 Å². The Morgan fingerprint density at radius 2 is 1.62 bits per heavy atom. The smallest absolute Gasteiger partial charge is 0.127 e. The molecule has 0 aliphatic rings. The highest BCUT2D eigenvalue weighted by Gasteiger charge is 2.07. The zero-order chi connectivity index (χ0) is 15.4. The summed E-state index contributed by atoms with van der Waals surface area (Å²) in [6.07, 6.45) is 0.322. The van der Waals surface area contributed by atoms with E-state index in [1.54, 1.807) is 0 Å². The minimum atomic E-state index is -0.397. The Morgan fingerprint density at radius 3 is 2.14 bits per heavy atom. The lowest BCUT2D eigenvalue weighted by Crippen LogP contribution is -1.95. The van der Waals surface area contributed by atoms with Gasteiger partial charge < -0.3 is 9.84 Å². The molecule has 0 aromatic heterocycles. The van der Waals surface area contributed by atoms with Crippen molar-refractivity contribution in [3.63, 3.8) is 0 Å². The molecule has 2 heteroatoms. The lowest BCUT2D eigenvalue weighted by atomic mass is 9.98. The van der Waals surface area contributed by atoms with Crippen molar-refractivity contribution < 1.29 is 9.84 Å². The summed E-state index contributed by atoms with van der Waals surface area (Å²) in [6.45, 7) is 8.47. The Hall–Kier alpha value is -1.80. The second-order valence-electron chi connectivity index (χ2n) is 5.77. The van der Waals surface area contributed by atoms with Gasteiger partial charge in [-0.3, -0.25) is 0 Å². The number of benzene rings is 2. The second kappa shape index (κ2) is 6.77. The highest BCUT2D eigenvalue weighted by molar-refractivity contribution is 5.39. The molecule has 0 saturated carbocycles. The van der Waals surface area contributed by atoms with Crippen molar-refractivity contribution in [2.75, 3.05) is 0 Å². The van der Waals surface area contributed by atoms with E-state index in [0.717, 1.165) is 23.5 Å². The highest BCUT2D eigenvalue weighted by atomic mass is 16.5. The van der Waals surface area contributed by atoms with Gasteiger partial charge in [-0.05, 0) is 60.2 Å². The van der Waals surface area contributed by atoms with Crippen LogP contribution < -0.4 is 4.74 Å². The van der Waals surface area contributed by atoms with E-state index in [1.165, 1.54) is 11.1 Å². The van der Waals surface area contributed by atoms with Gasteiger partial charge in [0.05, 0.1) is 6.10 Å². The number of aliphatic hydroxyl groups is 1. The monoisotopic (exact) mass is 284 g/mol. The van der Waals surface area contributed by atoms with Crippen LogP contribution in [0.1, 0.15) is 55.9 Å². The Morgan fingerprint density at radius 1 is 1.00 bits per heavy atom. The number of aliphatic hydroxyl groups excluding tert-OH is 1. The first kappa shape index (κ1) is 15.6. The third-order valence-corrected chi connectivity index (χ3v) is 3.75. The van der Waals surface area contributed by atoms with Gasteiger partial charge in [0.15, 0.2) is 0 Å². The Balaban J connectivity index is 2.13. The number of aryl methyl sites for hydroxylation is 1. The maximum Gasteiger partial charge on any atom is 0.127 e. The molecule has 2 aromatic rings. The predicted molar refractivity (Wildman–Crippen MR) is 87.0 cm³/mol. The van der Waals surface area contributed by atoms with E-state index in [-0.39, 0.29) is 0 Å². The summed E-state index contributed by atoms with van der Waals surface area (Å²) in [5.41, 5.74) is 3.53. The molecule has 0 fully saturated rings. The van der Waals surface area contributed by atoms with Crippen LogP contribution in [0.5, 0.6) is 11.5 Å². The van der Waals surface area contributed by atoms with Gasteiger partial charge in [0.1, 0.15) is 11.5 Å². The molecule has 2 aromatic carbocycles. The predicted octanol–water partition coefficient (Wildman–Crippen LogP) is 5.35. The normalized spacial score (nSPS) is 12.5. The van der Waals surface area contributed by atoms with E-state index < -0.39 is 6.10 Å². The van der Waals surface area contributed by atoms with E-state index in [2.05, 4.69) is 32.9 Å². The summed E-state index contributed by atoms with van der Waals surface area (Å²) < 4.78 is 5.88. The van der Waals surface area contributed by atoms with Crippen LogP contribution in [0.2, 0.25) is 0 Å². The molecule has 0 aliphatic heterocycles. The third kappa shape index (κ3) is 3.85. The Bertz CT molecular complexity index is 585. The molecule has 112 valence electrons. The lowest BCUT2D eigenvalue weighted by molar-refractivity contribution is 0.173. The Labute approximate surface area is 127 Å². The molecule has 0 bridgehead atoms. The second-order valence-corrected chi connectivity index (χ2v) is 5.77. The van der Waals surface area contributed by atoms with E-state index in [1.807, 2.05) is 37.3 Å². The molecule has 21 heavy (non-hydrogen) atoms. The van der Waals surface area contributed by atoms with Crippen molar-refractivity contribution in [3.05, 3.63) is 59.2 Å². The molecule has 0 aliphatic carbocycles. The van der Waals surface area contributed by atoms with Crippen molar-refractivity contribution in [1.82, 2.24) is 0 Å². The molecule has 1 unspecified atom stereocenters. The summed E-state index contributed by atoms with van der Waals surface area (Å²) in [5, 5.41) is 9.79. The molecule has 2 rings (SSSR count). The number of hydrogen-bond acceptors (Lipinski definition) is 2. The van der Waals surface area contributed by atoms with Crippen molar-refractivity contribution in [1.29, 1.82) is 0 Å². The topological polar surface area (TPSA) is 29.5 Å². The van der Waals surface area contributed by atoms with Gasteiger partial charge in [-0.1, -0.05) is 39.0 Å². The summed E-state index contributed by atoms with van der Waals surface area (Å²) in [6, 6.07) is 13.9. The van der Waals surface area contributed by atoms with Gasteiger partial charge in [0.25, 0.3) is 0 Å². The van der Waals surface area contributed by atoms with Gasteiger partial charge in [-0.15, -0.1) is 0 Å². The summed E-state index contributed by atoms with van der Waals surface area (Å²) in [4.78, 5) is 0. The zero-order valence-electron chi connectivity index (χ0n) is 13.3. The van der Waals surface area contributed by atoms with Crippen LogP contribution in [0.3, 0.4) is 0 Å². The van der Waals surface area contributed by atoms with Crippen LogP contribution >= 0.6 is 0 Å². The van der Waals surface area contributed by atoms with Crippen LogP contribution in [0.25, 0.3) is 0 Å².